The molecule has 0 bridgehead atoms. The Balaban J connectivity index is 2.27. The molecule has 3 rings (SSSR count). The Kier molecular flexibility index (Phi) is 3.29. The molecule has 0 aliphatic heterocycles. The van der Waals surface area contributed by atoms with Crippen LogP contribution in [0.2, 0.25) is 5.15 Å². The first-order valence-electron chi connectivity index (χ1n) is 5.93. The van der Waals surface area contributed by atoms with Gasteiger partial charge in [-0.05, 0) is 25.1 Å². The Hall–Kier alpha value is -2.15. The molecule has 0 amide bonds. The summed E-state index contributed by atoms with van der Waals surface area (Å²) in [6, 6.07) is 3.71. The molecule has 8 heteroatoms. The van der Waals surface area contributed by atoms with E-state index in [1.165, 1.54) is 16.6 Å². The molecule has 0 N–H and O–H groups in total. The van der Waals surface area contributed by atoms with Crippen molar-refractivity contribution in [3.05, 3.63) is 46.8 Å². The molecule has 21 heavy (non-hydrogen) atoms. The zero-order valence-electron chi connectivity index (χ0n) is 10.7. The molecular weight excluding hydrogens is 305 g/mol. The number of hydrogen-bond acceptors (Lipinski definition) is 3. The highest BCUT2D eigenvalue weighted by Gasteiger charge is 2.18. The second-order valence-corrected chi connectivity index (χ2v) is 4.78. The molecule has 0 unspecified atom stereocenters. The van der Waals surface area contributed by atoms with Crippen molar-refractivity contribution in [3.8, 4) is 11.3 Å². The van der Waals surface area contributed by atoms with Gasteiger partial charge in [-0.15, -0.1) is 0 Å². The van der Waals surface area contributed by atoms with Crippen LogP contribution in [0.3, 0.4) is 0 Å². The first-order chi connectivity index (χ1) is 9.95. The van der Waals surface area contributed by atoms with E-state index in [2.05, 4.69) is 15.1 Å². The van der Waals surface area contributed by atoms with Gasteiger partial charge in [0.15, 0.2) is 16.6 Å². The van der Waals surface area contributed by atoms with Crippen molar-refractivity contribution in [2.75, 3.05) is 0 Å². The van der Waals surface area contributed by atoms with Gasteiger partial charge in [-0.25, -0.2) is 27.7 Å². The molecular formula is C13H8ClF3N4. The monoisotopic (exact) mass is 312 g/mol. The summed E-state index contributed by atoms with van der Waals surface area (Å²) in [5, 5.41) is 4.18. The summed E-state index contributed by atoms with van der Waals surface area (Å²) in [6.45, 7) is 1.76. The van der Waals surface area contributed by atoms with Crippen molar-refractivity contribution in [2.24, 2.45) is 0 Å². The second kappa shape index (κ2) is 5.00. The summed E-state index contributed by atoms with van der Waals surface area (Å²) in [5.41, 5.74) is 0.761. The third-order valence-electron chi connectivity index (χ3n) is 2.87. The Bertz CT molecular complexity index is 832. The van der Waals surface area contributed by atoms with E-state index in [9.17, 15) is 13.2 Å². The van der Waals surface area contributed by atoms with Crippen LogP contribution < -0.4 is 0 Å². The van der Waals surface area contributed by atoms with Gasteiger partial charge in [0.25, 0.3) is 6.43 Å². The van der Waals surface area contributed by atoms with Crippen LogP contribution in [-0.2, 0) is 0 Å². The molecule has 0 radical (unpaired) electrons. The summed E-state index contributed by atoms with van der Waals surface area (Å²) < 4.78 is 40.3. The van der Waals surface area contributed by atoms with E-state index in [1.54, 1.807) is 13.1 Å². The number of pyridine rings is 1. The fourth-order valence-corrected chi connectivity index (χ4v) is 2.20. The second-order valence-electron chi connectivity index (χ2n) is 4.40. The van der Waals surface area contributed by atoms with Gasteiger partial charge in [0, 0.05) is 5.56 Å². The highest BCUT2D eigenvalue weighted by molar-refractivity contribution is 6.29. The average Bonchev–Trinajstić information content (AvgIpc) is 2.78. The van der Waals surface area contributed by atoms with Crippen molar-refractivity contribution < 1.29 is 13.2 Å². The minimum Gasteiger partial charge on any atom is -0.244 e. The lowest BCUT2D eigenvalue weighted by molar-refractivity contribution is 0.140. The van der Waals surface area contributed by atoms with Gasteiger partial charge in [-0.3, -0.25) is 0 Å². The van der Waals surface area contributed by atoms with E-state index in [0.29, 0.717) is 16.9 Å². The lowest BCUT2D eigenvalue weighted by atomic mass is 10.2. The van der Waals surface area contributed by atoms with Gasteiger partial charge in [0.1, 0.15) is 5.69 Å². The van der Waals surface area contributed by atoms with Crippen molar-refractivity contribution in [1.82, 2.24) is 19.6 Å². The Morgan fingerprint density at radius 3 is 2.71 bits per heavy atom. The summed E-state index contributed by atoms with van der Waals surface area (Å²) in [7, 11) is 0. The lowest BCUT2D eigenvalue weighted by Gasteiger charge is -2.07. The zero-order chi connectivity index (χ0) is 15.1. The van der Waals surface area contributed by atoms with Crippen molar-refractivity contribution in [1.29, 1.82) is 0 Å². The van der Waals surface area contributed by atoms with E-state index in [0.717, 1.165) is 6.07 Å². The number of aryl methyl sites for hydroxylation is 1. The molecule has 4 nitrogen and oxygen atoms in total. The molecule has 3 aromatic rings. The van der Waals surface area contributed by atoms with E-state index >= 15 is 0 Å². The topological polar surface area (TPSA) is 43.1 Å². The number of aromatic nitrogens is 4. The molecule has 3 aromatic heterocycles. The standard InChI is InChI=1S/C13H8ClF3N4/c1-6-5-21-13(18-6)7(4-10(14)20-21)9-3-2-8(15)11(19-9)12(16)17/h2-5,12H,1H3. The van der Waals surface area contributed by atoms with Crippen LogP contribution in [-0.4, -0.2) is 19.6 Å². The maximum Gasteiger partial charge on any atom is 0.283 e. The summed E-state index contributed by atoms with van der Waals surface area (Å²) in [5.74, 6) is -1.05. The van der Waals surface area contributed by atoms with Crippen molar-refractivity contribution in [2.45, 2.75) is 13.3 Å². The van der Waals surface area contributed by atoms with E-state index in [1.807, 2.05) is 0 Å². The number of rotatable bonds is 2. The van der Waals surface area contributed by atoms with Crippen LogP contribution in [0.25, 0.3) is 16.9 Å². The fourth-order valence-electron chi connectivity index (χ4n) is 2.01. The van der Waals surface area contributed by atoms with Gasteiger partial charge in [-0.1, -0.05) is 11.6 Å². The number of halogens is 4. The van der Waals surface area contributed by atoms with Crippen LogP contribution >= 0.6 is 11.6 Å². The quantitative estimate of drug-likeness (QED) is 0.722. The van der Waals surface area contributed by atoms with E-state index in [-0.39, 0.29) is 10.8 Å². The van der Waals surface area contributed by atoms with Crippen molar-refractivity contribution >= 4 is 17.2 Å². The van der Waals surface area contributed by atoms with Crippen LogP contribution in [0.1, 0.15) is 17.8 Å². The zero-order valence-corrected chi connectivity index (χ0v) is 11.4. The third kappa shape index (κ3) is 2.44. The summed E-state index contributed by atoms with van der Waals surface area (Å²) in [6.07, 6.45) is -1.36. The number of fused-ring (bicyclic) bond motifs is 1. The molecule has 0 fully saturated rings. The highest BCUT2D eigenvalue weighted by Crippen LogP contribution is 2.28. The Morgan fingerprint density at radius 1 is 1.24 bits per heavy atom. The molecule has 0 atom stereocenters. The fraction of sp³-hybridized carbons (Fsp3) is 0.154. The Morgan fingerprint density at radius 2 is 2.00 bits per heavy atom. The predicted octanol–water partition coefficient (Wildman–Crippen LogP) is 3.83. The van der Waals surface area contributed by atoms with Crippen molar-refractivity contribution in [3.63, 3.8) is 0 Å². The molecule has 0 aromatic carbocycles. The maximum absolute atomic E-state index is 13.3. The normalized spacial score (nSPS) is 11.5. The molecule has 3 heterocycles. The predicted molar refractivity (Wildman–Crippen MR) is 70.9 cm³/mol. The number of alkyl halides is 2. The van der Waals surface area contributed by atoms with Gasteiger partial charge in [0.2, 0.25) is 0 Å². The van der Waals surface area contributed by atoms with Crippen LogP contribution in [0.15, 0.2) is 24.4 Å². The van der Waals surface area contributed by atoms with Gasteiger partial charge >= 0.3 is 0 Å². The van der Waals surface area contributed by atoms with Gasteiger partial charge in [-0.2, -0.15) is 5.10 Å². The smallest absolute Gasteiger partial charge is 0.244 e. The van der Waals surface area contributed by atoms with E-state index < -0.39 is 17.9 Å². The molecule has 0 saturated heterocycles. The highest BCUT2D eigenvalue weighted by atomic mass is 35.5. The van der Waals surface area contributed by atoms with Crippen LogP contribution in [0.5, 0.6) is 0 Å². The summed E-state index contributed by atoms with van der Waals surface area (Å²) in [4.78, 5) is 7.93. The Labute approximate surface area is 122 Å². The molecule has 0 aliphatic carbocycles. The van der Waals surface area contributed by atoms with Gasteiger partial charge < -0.3 is 0 Å². The van der Waals surface area contributed by atoms with Gasteiger partial charge in [0.05, 0.1) is 17.6 Å². The minimum absolute atomic E-state index is 0.152. The number of hydrogen-bond donors (Lipinski definition) is 0. The van der Waals surface area contributed by atoms with Crippen LogP contribution in [0, 0.1) is 12.7 Å². The first kappa shape index (κ1) is 13.8. The average molecular weight is 313 g/mol. The molecule has 0 saturated carbocycles. The van der Waals surface area contributed by atoms with Crippen LogP contribution in [0.4, 0.5) is 13.2 Å². The molecule has 108 valence electrons. The molecule has 0 spiro atoms. The molecule has 0 aliphatic rings. The summed E-state index contributed by atoms with van der Waals surface area (Å²) >= 11 is 5.91. The largest absolute Gasteiger partial charge is 0.283 e. The number of imidazole rings is 1. The minimum atomic E-state index is -3.00. The first-order valence-corrected chi connectivity index (χ1v) is 6.31. The SMILES string of the molecule is Cc1cn2nc(Cl)cc(-c3ccc(F)c(C(F)F)n3)c2n1. The van der Waals surface area contributed by atoms with E-state index in [4.69, 9.17) is 11.6 Å². The lowest BCUT2D eigenvalue weighted by Crippen LogP contribution is -2.00. The maximum atomic E-state index is 13.3. The third-order valence-corrected chi connectivity index (χ3v) is 3.06. The number of nitrogens with zero attached hydrogens (tertiary/aromatic N) is 4.